The van der Waals surface area contributed by atoms with Crippen LogP contribution in [0.3, 0.4) is 0 Å². The molecule has 0 aromatic heterocycles. The van der Waals surface area contributed by atoms with Gasteiger partial charge >= 0.3 is 0 Å². The first-order valence-electron chi connectivity index (χ1n) is 6.70. The third kappa shape index (κ3) is 2.00. The molecular weight excluding hydrogens is 232 g/mol. The van der Waals surface area contributed by atoms with Gasteiger partial charge in [0.25, 0.3) is 0 Å². The molecule has 1 aliphatic carbocycles. The maximum absolute atomic E-state index is 10.7. The Bertz CT molecular complexity index is 638. The maximum atomic E-state index is 10.7. The first-order chi connectivity index (χ1) is 9.18. The highest BCUT2D eigenvalue weighted by atomic mass is 16.3. The van der Waals surface area contributed by atoms with Crippen molar-refractivity contribution < 1.29 is 5.11 Å². The molecule has 1 unspecified atom stereocenters. The standard InChI is InChI=1S/C18H18O/c1-12-7-6-10-15-11-13(2)17(16(12)15)18(19)14-8-4-3-5-9-14/h3-10,18-19H,11H2,1-2H3. The SMILES string of the molecule is CC1=C(C(O)c2ccccc2)c2c(C)cccc2C1. The summed E-state index contributed by atoms with van der Waals surface area (Å²) < 4.78 is 0. The predicted octanol–water partition coefficient (Wildman–Crippen LogP) is 4.06. The molecule has 2 aromatic rings. The summed E-state index contributed by atoms with van der Waals surface area (Å²) in [7, 11) is 0. The molecule has 1 aliphatic rings. The van der Waals surface area contributed by atoms with Crippen molar-refractivity contribution in [1.29, 1.82) is 0 Å². The fourth-order valence-corrected chi connectivity index (χ4v) is 3.03. The van der Waals surface area contributed by atoms with E-state index in [9.17, 15) is 5.11 Å². The van der Waals surface area contributed by atoms with Crippen molar-refractivity contribution in [1.82, 2.24) is 0 Å². The van der Waals surface area contributed by atoms with E-state index in [-0.39, 0.29) is 0 Å². The molecule has 0 aliphatic heterocycles. The summed E-state index contributed by atoms with van der Waals surface area (Å²) in [4.78, 5) is 0. The average Bonchev–Trinajstić information content (AvgIpc) is 2.76. The molecule has 2 aromatic carbocycles. The van der Waals surface area contributed by atoms with Crippen molar-refractivity contribution in [2.75, 3.05) is 0 Å². The van der Waals surface area contributed by atoms with Gasteiger partial charge in [0.15, 0.2) is 0 Å². The highest BCUT2D eigenvalue weighted by Gasteiger charge is 2.26. The van der Waals surface area contributed by atoms with Gasteiger partial charge in [0.05, 0.1) is 0 Å². The van der Waals surface area contributed by atoms with Crippen LogP contribution in [-0.4, -0.2) is 5.11 Å². The minimum Gasteiger partial charge on any atom is -0.384 e. The molecule has 19 heavy (non-hydrogen) atoms. The molecule has 0 saturated heterocycles. The Labute approximate surface area is 114 Å². The number of fused-ring (bicyclic) bond motifs is 1. The minimum absolute atomic E-state index is 0.524. The highest BCUT2D eigenvalue weighted by molar-refractivity contribution is 5.81. The fraction of sp³-hybridized carbons (Fsp3) is 0.222. The largest absolute Gasteiger partial charge is 0.384 e. The van der Waals surface area contributed by atoms with Crippen LogP contribution in [0.1, 0.15) is 35.3 Å². The number of aliphatic hydroxyl groups excluding tert-OH is 1. The third-order valence-corrected chi connectivity index (χ3v) is 3.93. The van der Waals surface area contributed by atoms with Gasteiger partial charge in [-0.3, -0.25) is 0 Å². The zero-order valence-electron chi connectivity index (χ0n) is 11.4. The van der Waals surface area contributed by atoms with E-state index in [0.717, 1.165) is 17.6 Å². The second kappa shape index (κ2) is 4.67. The predicted molar refractivity (Wildman–Crippen MR) is 78.9 cm³/mol. The van der Waals surface area contributed by atoms with Crippen molar-refractivity contribution in [2.45, 2.75) is 26.4 Å². The Kier molecular flexibility index (Phi) is 3.00. The van der Waals surface area contributed by atoms with Gasteiger partial charge in [-0.05, 0) is 48.1 Å². The van der Waals surface area contributed by atoms with Crippen LogP contribution < -0.4 is 0 Å². The van der Waals surface area contributed by atoms with Crippen LogP contribution in [0, 0.1) is 6.92 Å². The van der Waals surface area contributed by atoms with Crippen LogP contribution in [0.5, 0.6) is 0 Å². The first kappa shape index (κ1) is 12.2. The van der Waals surface area contributed by atoms with E-state index in [1.165, 1.54) is 22.3 Å². The summed E-state index contributed by atoms with van der Waals surface area (Å²) in [6, 6.07) is 16.3. The van der Waals surface area contributed by atoms with E-state index in [1.54, 1.807) is 0 Å². The molecule has 0 radical (unpaired) electrons. The molecule has 0 heterocycles. The molecule has 0 saturated carbocycles. The van der Waals surface area contributed by atoms with E-state index in [4.69, 9.17) is 0 Å². The number of rotatable bonds is 2. The van der Waals surface area contributed by atoms with Gasteiger partial charge in [0.1, 0.15) is 6.10 Å². The Morgan fingerprint density at radius 2 is 1.68 bits per heavy atom. The second-order valence-corrected chi connectivity index (χ2v) is 5.29. The first-order valence-corrected chi connectivity index (χ1v) is 6.70. The minimum atomic E-state index is -0.524. The van der Waals surface area contributed by atoms with Gasteiger partial charge in [0, 0.05) is 0 Å². The van der Waals surface area contributed by atoms with Crippen LogP contribution in [-0.2, 0) is 6.42 Å². The fourth-order valence-electron chi connectivity index (χ4n) is 3.03. The molecule has 1 nitrogen and oxygen atoms in total. The summed E-state index contributed by atoms with van der Waals surface area (Å²) in [6.45, 7) is 4.25. The van der Waals surface area contributed by atoms with Crippen LogP contribution in [0.2, 0.25) is 0 Å². The number of aryl methyl sites for hydroxylation is 1. The van der Waals surface area contributed by atoms with E-state index < -0.39 is 6.10 Å². The molecule has 0 bridgehead atoms. The highest BCUT2D eigenvalue weighted by Crippen LogP contribution is 2.42. The lowest BCUT2D eigenvalue weighted by atomic mass is 9.92. The Morgan fingerprint density at radius 1 is 0.947 bits per heavy atom. The Hall–Kier alpha value is -1.86. The summed E-state index contributed by atoms with van der Waals surface area (Å²) >= 11 is 0. The monoisotopic (exact) mass is 250 g/mol. The third-order valence-electron chi connectivity index (χ3n) is 3.93. The molecule has 96 valence electrons. The van der Waals surface area contributed by atoms with Gasteiger partial charge in [-0.1, -0.05) is 54.1 Å². The van der Waals surface area contributed by atoms with Crippen LogP contribution in [0.15, 0.2) is 54.1 Å². The van der Waals surface area contributed by atoms with Gasteiger partial charge < -0.3 is 5.11 Å². The van der Waals surface area contributed by atoms with Crippen molar-refractivity contribution in [3.63, 3.8) is 0 Å². The quantitative estimate of drug-likeness (QED) is 0.852. The number of hydrogen-bond acceptors (Lipinski definition) is 1. The lowest BCUT2D eigenvalue weighted by Crippen LogP contribution is -2.02. The smallest absolute Gasteiger partial charge is 0.105 e. The maximum Gasteiger partial charge on any atom is 0.105 e. The van der Waals surface area contributed by atoms with Crippen molar-refractivity contribution in [3.8, 4) is 0 Å². The van der Waals surface area contributed by atoms with E-state index in [0.29, 0.717) is 0 Å². The molecule has 1 atom stereocenters. The van der Waals surface area contributed by atoms with Gasteiger partial charge in [-0.15, -0.1) is 0 Å². The zero-order chi connectivity index (χ0) is 13.4. The second-order valence-electron chi connectivity index (χ2n) is 5.29. The van der Waals surface area contributed by atoms with Gasteiger partial charge in [-0.25, -0.2) is 0 Å². The number of hydrogen-bond donors (Lipinski definition) is 1. The molecule has 0 amide bonds. The van der Waals surface area contributed by atoms with E-state index in [1.807, 2.05) is 30.3 Å². The lowest BCUT2D eigenvalue weighted by Gasteiger charge is -2.17. The summed E-state index contributed by atoms with van der Waals surface area (Å²) in [5, 5.41) is 10.7. The van der Waals surface area contributed by atoms with Crippen molar-refractivity contribution in [2.24, 2.45) is 0 Å². The van der Waals surface area contributed by atoms with Gasteiger partial charge in [0.2, 0.25) is 0 Å². The number of benzene rings is 2. The number of aliphatic hydroxyl groups is 1. The average molecular weight is 250 g/mol. The van der Waals surface area contributed by atoms with Gasteiger partial charge in [-0.2, -0.15) is 0 Å². The van der Waals surface area contributed by atoms with Crippen molar-refractivity contribution in [3.05, 3.63) is 76.4 Å². The van der Waals surface area contributed by atoms with Crippen LogP contribution >= 0.6 is 0 Å². The Balaban J connectivity index is 2.10. The zero-order valence-corrected chi connectivity index (χ0v) is 11.4. The molecule has 0 fully saturated rings. The van der Waals surface area contributed by atoms with Crippen LogP contribution in [0.4, 0.5) is 0 Å². The summed E-state index contributed by atoms with van der Waals surface area (Å²) in [5.41, 5.74) is 7.17. The molecule has 3 rings (SSSR count). The summed E-state index contributed by atoms with van der Waals surface area (Å²) in [6.07, 6.45) is 0.430. The topological polar surface area (TPSA) is 20.2 Å². The lowest BCUT2D eigenvalue weighted by molar-refractivity contribution is 0.238. The van der Waals surface area contributed by atoms with E-state index in [2.05, 4.69) is 32.0 Å². The summed E-state index contributed by atoms with van der Waals surface area (Å²) in [5.74, 6) is 0. The molecular formula is C18H18O. The van der Waals surface area contributed by atoms with Crippen LogP contribution in [0.25, 0.3) is 5.57 Å². The molecule has 1 heteroatoms. The molecule has 1 N–H and O–H groups in total. The van der Waals surface area contributed by atoms with E-state index >= 15 is 0 Å². The van der Waals surface area contributed by atoms with Crippen molar-refractivity contribution >= 4 is 5.57 Å². The normalized spacial score (nSPS) is 15.5. The Morgan fingerprint density at radius 3 is 2.42 bits per heavy atom. The molecule has 0 spiro atoms. The number of allylic oxidation sites excluding steroid dienone is 1.